The molecule has 2 N–H and O–H groups in total. The van der Waals surface area contributed by atoms with Crippen LogP contribution in [0.25, 0.3) is 5.65 Å². The standard InChI is InChI=1S/C21H21ClFN5O2/c1-21(20(30)27-17-4-3-13(23)11-16(17)22)7-5-14(6-8-21)26-19(29)15-12-25-28-10-2-9-24-18(15)28/h2-4,9-12,14H,5-8H2,1H3,(H,26,29)(H,27,30). The zero-order valence-electron chi connectivity index (χ0n) is 16.4. The lowest BCUT2D eigenvalue weighted by molar-refractivity contribution is -0.126. The van der Waals surface area contributed by atoms with E-state index in [-0.39, 0.29) is 22.9 Å². The second-order valence-electron chi connectivity index (χ2n) is 7.83. The minimum absolute atomic E-state index is 0.0357. The molecule has 2 aromatic heterocycles. The Hall–Kier alpha value is -3.00. The Morgan fingerprint density at radius 2 is 2.07 bits per heavy atom. The highest BCUT2D eigenvalue weighted by Gasteiger charge is 2.38. The molecule has 7 nitrogen and oxygen atoms in total. The predicted molar refractivity (Wildman–Crippen MR) is 111 cm³/mol. The van der Waals surface area contributed by atoms with Crippen molar-refractivity contribution in [2.45, 2.75) is 38.6 Å². The molecule has 30 heavy (non-hydrogen) atoms. The van der Waals surface area contributed by atoms with Gasteiger partial charge in [0.05, 0.1) is 16.9 Å². The van der Waals surface area contributed by atoms with Crippen molar-refractivity contribution in [2.24, 2.45) is 5.41 Å². The van der Waals surface area contributed by atoms with E-state index in [2.05, 4.69) is 20.7 Å². The molecule has 0 unspecified atom stereocenters. The van der Waals surface area contributed by atoms with Gasteiger partial charge in [-0.25, -0.2) is 13.9 Å². The van der Waals surface area contributed by atoms with Crippen LogP contribution in [-0.4, -0.2) is 32.5 Å². The number of carbonyl (C=O) groups excluding carboxylic acids is 2. The second-order valence-corrected chi connectivity index (χ2v) is 8.24. The smallest absolute Gasteiger partial charge is 0.256 e. The van der Waals surface area contributed by atoms with Crippen molar-refractivity contribution < 1.29 is 14.0 Å². The Balaban J connectivity index is 1.36. The number of hydrogen-bond donors (Lipinski definition) is 2. The first-order chi connectivity index (χ1) is 14.4. The van der Waals surface area contributed by atoms with Crippen molar-refractivity contribution in [1.29, 1.82) is 0 Å². The Bertz CT molecular complexity index is 1110. The summed E-state index contributed by atoms with van der Waals surface area (Å²) in [5, 5.41) is 10.1. The van der Waals surface area contributed by atoms with Crippen LogP contribution in [0.1, 0.15) is 43.0 Å². The molecule has 1 aliphatic rings. The number of carbonyl (C=O) groups is 2. The minimum Gasteiger partial charge on any atom is -0.349 e. The van der Waals surface area contributed by atoms with Gasteiger partial charge < -0.3 is 10.6 Å². The van der Waals surface area contributed by atoms with Crippen LogP contribution in [0.15, 0.2) is 42.9 Å². The van der Waals surface area contributed by atoms with Crippen LogP contribution in [0, 0.1) is 11.2 Å². The van der Waals surface area contributed by atoms with Gasteiger partial charge in [-0.15, -0.1) is 0 Å². The van der Waals surface area contributed by atoms with E-state index in [0.717, 1.165) is 0 Å². The van der Waals surface area contributed by atoms with Gasteiger partial charge in [-0.3, -0.25) is 9.59 Å². The zero-order valence-corrected chi connectivity index (χ0v) is 17.1. The first-order valence-corrected chi connectivity index (χ1v) is 10.1. The van der Waals surface area contributed by atoms with Gasteiger partial charge in [0.15, 0.2) is 5.65 Å². The van der Waals surface area contributed by atoms with E-state index in [0.29, 0.717) is 42.6 Å². The molecule has 0 bridgehead atoms. The van der Waals surface area contributed by atoms with Gasteiger partial charge in [0.2, 0.25) is 5.91 Å². The second kappa shape index (κ2) is 8.02. The van der Waals surface area contributed by atoms with E-state index in [1.54, 1.807) is 23.0 Å². The summed E-state index contributed by atoms with van der Waals surface area (Å²) in [6, 6.07) is 5.58. The molecule has 1 saturated carbocycles. The topological polar surface area (TPSA) is 88.4 Å². The van der Waals surface area contributed by atoms with E-state index in [9.17, 15) is 14.0 Å². The highest BCUT2D eigenvalue weighted by atomic mass is 35.5. The SMILES string of the molecule is CC1(C(=O)Nc2ccc(F)cc2Cl)CCC(NC(=O)c2cnn3cccnc23)CC1. The van der Waals surface area contributed by atoms with E-state index in [1.165, 1.54) is 24.4 Å². The summed E-state index contributed by atoms with van der Waals surface area (Å²) in [5.41, 5.74) is 0.726. The lowest BCUT2D eigenvalue weighted by atomic mass is 9.73. The van der Waals surface area contributed by atoms with Gasteiger partial charge in [0.1, 0.15) is 11.4 Å². The van der Waals surface area contributed by atoms with E-state index < -0.39 is 11.2 Å². The number of aromatic nitrogens is 3. The van der Waals surface area contributed by atoms with Crippen LogP contribution in [0.3, 0.4) is 0 Å². The number of halogens is 2. The van der Waals surface area contributed by atoms with Crippen molar-refractivity contribution in [3.63, 3.8) is 0 Å². The normalized spacial score (nSPS) is 21.4. The number of benzene rings is 1. The fourth-order valence-corrected chi connectivity index (χ4v) is 3.96. The maximum atomic E-state index is 13.2. The fraction of sp³-hybridized carbons (Fsp3) is 0.333. The Kier molecular flexibility index (Phi) is 5.42. The molecule has 0 saturated heterocycles. The molecule has 1 aliphatic carbocycles. The molecule has 4 rings (SSSR count). The van der Waals surface area contributed by atoms with Crippen LogP contribution in [-0.2, 0) is 4.79 Å². The monoisotopic (exact) mass is 429 g/mol. The molecule has 1 aromatic carbocycles. The zero-order chi connectivity index (χ0) is 21.3. The summed E-state index contributed by atoms with van der Waals surface area (Å²) in [7, 11) is 0. The van der Waals surface area contributed by atoms with E-state index in [1.807, 2.05) is 6.92 Å². The molecule has 0 aliphatic heterocycles. The first kappa shape index (κ1) is 20.3. The quantitative estimate of drug-likeness (QED) is 0.659. The molecular formula is C21H21ClFN5O2. The molecule has 1 fully saturated rings. The van der Waals surface area contributed by atoms with Crippen molar-refractivity contribution in [3.8, 4) is 0 Å². The van der Waals surface area contributed by atoms with Crippen LogP contribution < -0.4 is 10.6 Å². The van der Waals surface area contributed by atoms with Crippen LogP contribution in [0.2, 0.25) is 5.02 Å². The minimum atomic E-state index is -0.592. The maximum absolute atomic E-state index is 13.2. The Labute approximate surface area is 177 Å². The summed E-state index contributed by atoms with van der Waals surface area (Å²) in [6.45, 7) is 1.90. The van der Waals surface area contributed by atoms with E-state index >= 15 is 0 Å². The number of nitrogens with one attached hydrogen (secondary N) is 2. The molecule has 0 atom stereocenters. The fourth-order valence-electron chi connectivity index (χ4n) is 3.74. The third-order valence-electron chi connectivity index (χ3n) is 5.68. The summed E-state index contributed by atoms with van der Waals surface area (Å²) in [5.74, 6) is -0.839. The molecule has 0 spiro atoms. The molecule has 2 amide bonds. The maximum Gasteiger partial charge on any atom is 0.256 e. The predicted octanol–water partition coefficient (Wildman–Crippen LogP) is 3.84. The van der Waals surface area contributed by atoms with Crippen molar-refractivity contribution in [3.05, 3.63) is 59.3 Å². The number of nitrogens with zero attached hydrogens (tertiary/aromatic N) is 3. The van der Waals surface area contributed by atoms with Gasteiger partial charge in [0, 0.05) is 23.9 Å². The highest BCUT2D eigenvalue weighted by Crippen LogP contribution is 2.38. The molecule has 9 heteroatoms. The van der Waals surface area contributed by atoms with Gasteiger partial charge in [-0.1, -0.05) is 18.5 Å². The number of anilines is 1. The Morgan fingerprint density at radius 1 is 1.30 bits per heavy atom. The Morgan fingerprint density at radius 3 is 2.80 bits per heavy atom. The largest absolute Gasteiger partial charge is 0.349 e. The number of rotatable bonds is 4. The van der Waals surface area contributed by atoms with Crippen LogP contribution in [0.4, 0.5) is 10.1 Å². The third-order valence-corrected chi connectivity index (χ3v) is 5.99. The third kappa shape index (κ3) is 4.00. The van der Waals surface area contributed by atoms with Gasteiger partial charge in [-0.2, -0.15) is 5.10 Å². The molecule has 3 aromatic rings. The average Bonchev–Trinajstić information content (AvgIpc) is 3.16. The summed E-state index contributed by atoms with van der Waals surface area (Å²) in [6.07, 6.45) is 7.40. The van der Waals surface area contributed by atoms with Gasteiger partial charge >= 0.3 is 0 Å². The molecular weight excluding hydrogens is 409 g/mol. The van der Waals surface area contributed by atoms with E-state index in [4.69, 9.17) is 11.6 Å². The van der Waals surface area contributed by atoms with Crippen LogP contribution >= 0.6 is 11.6 Å². The van der Waals surface area contributed by atoms with Crippen LogP contribution in [0.5, 0.6) is 0 Å². The molecule has 0 radical (unpaired) electrons. The highest BCUT2D eigenvalue weighted by molar-refractivity contribution is 6.33. The van der Waals surface area contributed by atoms with Crippen molar-refractivity contribution in [2.75, 3.05) is 5.32 Å². The van der Waals surface area contributed by atoms with Crippen molar-refractivity contribution in [1.82, 2.24) is 19.9 Å². The molecule has 2 heterocycles. The summed E-state index contributed by atoms with van der Waals surface area (Å²) >= 11 is 6.01. The first-order valence-electron chi connectivity index (χ1n) is 9.71. The summed E-state index contributed by atoms with van der Waals surface area (Å²) in [4.78, 5) is 29.7. The molecule has 156 valence electrons. The van der Waals surface area contributed by atoms with Gasteiger partial charge in [0.25, 0.3) is 5.91 Å². The average molecular weight is 430 g/mol. The summed E-state index contributed by atoms with van der Waals surface area (Å²) < 4.78 is 14.8. The number of amides is 2. The number of fused-ring (bicyclic) bond motifs is 1. The van der Waals surface area contributed by atoms with Gasteiger partial charge in [-0.05, 0) is 49.9 Å². The van der Waals surface area contributed by atoms with Crippen molar-refractivity contribution >= 4 is 34.7 Å². The number of hydrogen-bond acceptors (Lipinski definition) is 4. The lowest BCUT2D eigenvalue weighted by Crippen LogP contribution is -2.44. The lowest BCUT2D eigenvalue weighted by Gasteiger charge is -2.36.